The lowest BCUT2D eigenvalue weighted by atomic mass is 10.2. The smallest absolute Gasteiger partial charge is 0.264 e. The van der Waals surface area contributed by atoms with Crippen molar-refractivity contribution in [2.45, 2.75) is 24.5 Å². The van der Waals surface area contributed by atoms with E-state index in [0.29, 0.717) is 24.6 Å². The second kappa shape index (κ2) is 12.5. The number of hydrogen-bond donors (Lipinski definition) is 1. The first-order valence-corrected chi connectivity index (χ1v) is 13.7. The number of aryl methyl sites for hydroxylation is 1. The lowest BCUT2D eigenvalue weighted by Gasteiger charge is -2.24. The Balaban J connectivity index is 1.66. The highest BCUT2D eigenvalue weighted by atomic mass is 32.2. The van der Waals surface area contributed by atoms with Gasteiger partial charge in [-0.3, -0.25) is 9.10 Å². The van der Waals surface area contributed by atoms with Crippen LogP contribution in [0.15, 0.2) is 83.8 Å². The zero-order valence-electron chi connectivity index (χ0n) is 19.4. The molecule has 0 aliphatic rings. The zero-order valence-corrected chi connectivity index (χ0v) is 21.1. The van der Waals surface area contributed by atoms with Gasteiger partial charge in [0.2, 0.25) is 5.91 Å². The highest BCUT2D eigenvalue weighted by molar-refractivity contribution is 7.98. The summed E-state index contributed by atoms with van der Waals surface area (Å²) in [6, 6.07) is 23.4. The summed E-state index contributed by atoms with van der Waals surface area (Å²) in [6.45, 7) is 4.44. The van der Waals surface area contributed by atoms with Crippen LogP contribution in [0.25, 0.3) is 0 Å². The molecule has 3 rings (SSSR count). The highest BCUT2D eigenvalue weighted by Crippen LogP contribution is 2.25. The Hall–Kier alpha value is -2.97. The van der Waals surface area contributed by atoms with Crippen LogP contribution in [0.5, 0.6) is 5.75 Å². The predicted octanol–water partition coefficient (Wildman–Crippen LogP) is 4.64. The molecular formula is C26H30N2O4S2. The normalized spacial score (nSPS) is 11.1. The van der Waals surface area contributed by atoms with E-state index in [9.17, 15) is 13.2 Å². The second-order valence-corrected chi connectivity index (χ2v) is 10.6. The molecule has 0 atom stereocenters. The van der Waals surface area contributed by atoms with Crippen molar-refractivity contribution in [3.05, 3.63) is 90.0 Å². The number of amides is 1. The first-order valence-electron chi connectivity index (χ1n) is 11.1. The van der Waals surface area contributed by atoms with Crippen molar-refractivity contribution in [1.82, 2.24) is 5.32 Å². The van der Waals surface area contributed by atoms with Crippen LogP contribution in [-0.4, -0.2) is 39.8 Å². The van der Waals surface area contributed by atoms with Crippen molar-refractivity contribution in [2.75, 3.05) is 29.8 Å². The highest BCUT2D eigenvalue weighted by Gasteiger charge is 2.27. The fraction of sp³-hybridized carbons (Fsp3) is 0.269. The van der Waals surface area contributed by atoms with Gasteiger partial charge in [-0.25, -0.2) is 8.42 Å². The van der Waals surface area contributed by atoms with Gasteiger partial charge in [-0.1, -0.05) is 48.0 Å². The summed E-state index contributed by atoms with van der Waals surface area (Å²) in [5, 5.41) is 2.84. The molecule has 0 heterocycles. The quantitative estimate of drug-likeness (QED) is 0.368. The van der Waals surface area contributed by atoms with Crippen molar-refractivity contribution in [1.29, 1.82) is 0 Å². The number of sulfonamides is 1. The molecule has 3 aromatic carbocycles. The van der Waals surface area contributed by atoms with E-state index in [1.165, 1.54) is 17.7 Å². The molecule has 0 unspecified atom stereocenters. The lowest BCUT2D eigenvalue weighted by molar-refractivity contribution is -0.119. The van der Waals surface area contributed by atoms with E-state index in [1.807, 2.05) is 44.2 Å². The van der Waals surface area contributed by atoms with Gasteiger partial charge in [0.1, 0.15) is 12.3 Å². The molecule has 0 saturated carbocycles. The van der Waals surface area contributed by atoms with Crippen molar-refractivity contribution < 1.29 is 17.9 Å². The zero-order chi connectivity index (χ0) is 24.4. The third-order valence-corrected chi connectivity index (χ3v) is 7.83. The molecule has 0 bridgehead atoms. The van der Waals surface area contributed by atoms with Gasteiger partial charge < -0.3 is 10.1 Å². The number of anilines is 1. The SMILES string of the molecule is CCOc1ccc(S(=O)(=O)N(CC(=O)NCCSCc2ccccc2)c2ccc(C)cc2)cc1. The monoisotopic (exact) mass is 498 g/mol. The minimum atomic E-state index is -3.95. The van der Waals surface area contributed by atoms with Crippen molar-refractivity contribution in [3.8, 4) is 5.75 Å². The molecule has 6 nitrogen and oxygen atoms in total. The number of benzene rings is 3. The van der Waals surface area contributed by atoms with Crippen LogP contribution in [0.2, 0.25) is 0 Å². The van der Waals surface area contributed by atoms with Gasteiger partial charge in [0.15, 0.2) is 0 Å². The second-order valence-electron chi connectivity index (χ2n) is 7.64. The molecule has 0 aliphatic carbocycles. The van der Waals surface area contributed by atoms with Gasteiger partial charge >= 0.3 is 0 Å². The summed E-state index contributed by atoms with van der Waals surface area (Å²) < 4.78 is 33.5. The molecule has 180 valence electrons. The summed E-state index contributed by atoms with van der Waals surface area (Å²) in [7, 11) is -3.95. The number of nitrogens with one attached hydrogen (secondary N) is 1. The molecule has 0 aliphatic heterocycles. The summed E-state index contributed by atoms with van der Waals surface area (Å²) in [5.74, 6) is 1.83. The van der Waals surface area contributed by atoms with E-state index in [2.05, 4.69) is 17.4 Å². The fourth-order valence-corrected chi connectivity index (χ4v) is 5.48. The molecule has 0 spiro atoms. The maximum atomic E-state index is 13.5. The van der Waals surface area contributed by atoms with Crippen LogP contribution in [0.1, 0.15) is 18.1 Å². The number of hydrogen-bond acceptors (Lipinski definition) is 5. The number of carbonyl (C=O) groups excluding carboxylic acids is 1. The summed E-state index contributed by atoms with van der Waals surface area (Å²) >= 11 is 1.71. The Morgan fingerprint density at radius 2 is 1.65 bits per heavy atom. The number of ether oxygens (including phenoxy) is 1. The number of thioether (sulfide) groups is 1. The topological polar surface area (TPSA) is 75.7 Å². The maximum Gasteiger partial charge on any atom is 0.264 e. The van der Waals surface area contributed by atoms with E-state index < -0.39 is 10.0 Å². The van der Waals surface area contributed by atoms with Gasteiger partial charge in [-0.15, -0.1) is 0 Å². The number of rotatable bonds is 12. The molecule has 0 saturated heterocycles. The first kappa shape index (κ1) is 25.6. The Morgan fingerprint density at radius 3 is 2.29 bits per heavy atom. The van der Waals surface area contributed by atoms with E-state index in [4.69, 9.17) is 4.74 Å². The van der Waals surface area contributed by atoms with Gasteiger partial charge in [-0.2, -0.15) is 11.8 Å². The first-order chi connectivity index (χ1) is 16.4. The Morgan fingerprint density at radius 1 is 0.971 bits per heavy atom. The Labute approximate surface area is 206 Å². The van der Waals surface area contributed by atoms with Crippen LogP contribution >= 0.6 is 11.8 Å². The third-order valence-electron chi connectivity index (χ3n) is 5.01. The summed E-state index contributed by atoms with van der Waals surface area (Å²) in [6.07, 6.45) is 0. The molecule has 3 aromatic rings. The summed E-state index contributed by atoms with van der Waals surface area (Å²) in [4.78, 5) is 12.8. The molecule has 0 fully saturated rings. The van der Waals surface area contributed by atoms with Gasteiger partial charge in [0.05, 0.1) is 17.2 Å². The Bertz CT molecular complexity index is 1150. The molecule has 1 amide bonds. The molecule has 8 heteroatoms. The van der Waals surface area contributed by atoms with Crippen LogP contribution < -0.4 is 14.4 Å². The van der Waals surface area contributed by atoms with Crippen LogP contribution in [0.3, 0.4) is 0 Å². The predicted molar refractivity (Wildman–Crippen MR) is 139 cm³/mol. The van der Waals surface area contributed by atoms with Crippen LogP contribution in [0.4, 0.5) is 5.69 Å². The van der Waals surface area contributed by atoms with Gasteiger partial charge in [0.25, 0.3) is 10.0 Å². The summed E-state index contributed by atoms with van der Waals surface area (Å²) in [5.41, 5.74) is 2.67. The average molecular weight is 499 g/mol. The standard InChI is InChI=1S/C26H30N2O4S2/c1-3-32-24-13-15-25(16-14-24)34(30,31)28(23-11-9-21(2)10-12-23)19-26(29)27-17-18-33-20-22-7-5-4-6-8-22/h4-16H,3,17-20H2,1-2H3,(H,27,29). The van der Waals surface area contributed by atoms with E-state index in [-0.39, 0.29) is 17.3 Å². The molecule has 0 radical (unpaired) electrons. The minimum Gasteiger partial charge on any atom is -0.494 e. The van der Waals surface area contributed by atoms with Crippen LogP contribution in [0, 0.1) is 6.92 Å². The van der Waals surface area contributed by atoms with E-state index in [1.54, 1.807) is 36.0 Å². The third kappa shape index (κ3) is 7.27. The van der Waals surface area contributed by atoms with Gasteiger partial charge in [0, 0.05) is 18.1 Å². The fourth-order valence-electron chi connectivity index (χ4n) is 3.24. The molecule has 1 N–H and O–H groups in total. The molecule has 34 heavy (non-hydrogen) atoms. The maximum absolute atomic E-state index is 13.5. The number of carbonyl (C=O) groups is 1. The molecular weight excluding hydrogens is 468 g/mol. The van der Waals surface area contributed by atoms with Crippen LogP contribution in [-0.2, 0) is 20.6 Å². The van der Waals surface area contributed by atoms with Crippen molar-refractivity contribution in [2.24, 2.45) is 0 Å². The Kier molecular flexibility index (Phi) is 9.42. The van der Waals surface area contributed by atoms with E-state index in [0.717, 1.165) is 21.4 Å². The van der Waals surface area contributed by atoms with Gasteiger partial charge in [-0.05, 0) is 55.8 Å². The van der Waals surface area contributed by atoms with Crippen molar-refractivity contribution >= 4 is 33.4 Å². The average Bonchev–Trinajstić information content (AvgIpc) is 2.84. The van der Waals surface area contributed by atoms with Crippen molar-refractivity contribution in [3.63, 3.8) is 0 Å². The lowest BCUT2D eigenvalue weighted by Crippen LogP contribution is -2.41. The minimum absolute atomic E-state index is 0.0998. The molecule has 0 aromatic heterocycles. The largest absolute Gasteiger partial charge is 0.494 e. The van der Waals surface area contributed by atoms with E-state index >= 15 is 0 Å². The number of nitrogens with zero attached hydrogens (tertiary/aromatic N) is 1.